The third-order valence-electron chi connectivity index (χ3n) is 2.00. The smallest absolute Gasteiger partial charge is 0.0417 e. The Morgan fingerprint density at radius 2 is 2.29 bits per heavy atom. The van der Waals surface area contributed by atoms with E-state index in [4.69, 9.17) is 5.73 Å². The fraction of sp³-hybridized carbons (Fsp3) is 0.500. The predicted molar refractivity (Wildman–Crippen MR) is 59.2 cm³/mol. The summed E-state index contributed by atoms with van der Waals surface area (Å²) in [5.74, 6) is 0. The van der Waals surface area contributed by atoms with Gasteiger partial charge in [-0.3, -0.25) is 4.98 Å². The molecule has 0 aliphatic heterocycles. The van der Waals surface area contributed by atoms with E-state index in [1.165, 1.54) is 0 Å². The summed E-state index contributed by atoms with van der Waals surface area (Å²) < 4.78 is 0. The standard InChI is InChI=1S/C10H18N4/c1-14(2)6-5-13-10-3-4-12-8-9(10)7-11/h3-4,8H,5-7,11H2,1-2H3,(H,12,13). The largest absolute Gasteiger partial charge is 0.383 e. The Hall–Kier alpha value is -1.13. The normalized spacial score (nSPS) is 10.6. The monoisotopic (exact) mass is 194 g/mol. The van der Waals surface area contributed by atoms with Crippen molar-refractivity contribution in [3.63, 3.8) is 0 Å². The molecule has 0 saturated carbocycles. The quantitative estimate of drug-likeness (QED) is 0.717. The van der Waals surface area contributed by atoms with Gasteiger partial charge in [0.2, 0.25) is 0 Å². The molecular weight excluding hydrogens is 176 g/mol. The van der Waals surface area contributed by atoms with Gasteiger partial charge in [0, 0.05) is 43.3 Å². The van der Waals surface area contributed by atoms with Crippen molar-refractivity contribution in [1.82, 2.24) is 9.88 Å². The van der Waals surface area contributed by atoms with Gasteiger partial charge in [-0.15, -0.1) is 0 Å². The Kier molecular flexibility index (Phi) is 4.35. The molecular formula is C10H18N4. The number of nitrogens with zero attached hydrogens (tertiary/aromatic N) is 2. The van der Waals surface area contributed by atoms with E-state index < -0.39 is 0 Å². The first-order chi connectivity index (χ1) is 6.74. The van der Waals surface area contributed by atoms with Gasteiger partial charge in [-0.1, -0.05) is 0 Å². The number of anilines is 1. The van der Waals surface area contributed by atoms with Crippen LogP contribution in [0.5, 0.6) is 0 Å². The molecule has 0 aliphatic rings. The molecule has 0 aliphatic carbocycles. The summed E-state index contributed by atoms with van der Waals surface area (Å²) >= 11 is 0. The molecule has 0 atom stereocenters. The number of nitrogens with two attached hydrogens (primary N) is 1. The van der Waals surface area contributed by atoms with Crippen LogP contribution in [0.3, 0.4) is 0 Å². The van der Waals surface area contributed by atoms with E-state index in [0.717, 1.165) is 24.3 Å². The average Bonchev–Trinajstić information content (AvgIpc) is 2.18. The van der Waals surface area contributed by atoms with Gasteiger partial charge in [0.05, 0.1) is 0 Å². The lowest BCUT2D eigenvalue weighted by Crippen LogP contribution is -2.21. The highest BCUT2D eigenvalue weighted by Crippen LogP contribution is 2.11. The molecule has 1 rings (SSSR count). The lowest BCUT2D eigenvalue weighted by Gasteiger charge is -2.13. The molecule has 1 heterocycles. The van der Waals surface area contributed by atoms with Crippen molar-refractivity contribution in [2.24, 2.45) is 5.73 Å². The summed E-state index contributed by atoms with van der Waals surface area (Å²) in [6.07, 6.45) is 3.58. The number of aromatic nitrogens is 1. The summed E-state index contributed by atoms with van der Waals surface area (Å²) in [6.45, 7) is 2.45. The van der Waals surface area contributed by atoms with Crippen molar-refractivity contribution >= 4 is 5.69 Å². The van der Waals surface area contributed by atoms with Gasteiger partial charge >= 0.3 is 0 Å². The van der Waals surface area contributed by atoms with Crippen LogP contribution in [-0.4, -0.2) is 37.1 Å². The van der Waals surface area contributed by atoms with Crippen LogP contribution in [0.1, 0.15) is 5.56 Å². The number of pyridine rings is 1. The van der Waals surface area contributed by atoms with Crippen LogP contribution in [0.4, 0.5) is 5.69 Å². The van der Waals surface area contributed by atoms with E-state index >= 15 is 0 Å². The van der Waals surface area contributed by atoms with Crippen molar-refractivity contribution in [1.29, 1.82) is 0 Å². The molecule has 0 aromatic carbocycles. The van der Waals surface area contributed by atoms with E-state index in [0.29, 0.717) is 6.54 Å². The van der Waals surface area contributed by atoms with Gasteiger partial charge in [0.1, 0.15) is 0 Å². The van der Waals surface area contributed by atoms with E-state index in [1.807, 2.05) is 6.07 Å². The van der Waals surface area contributed by atoms with Crippen molar-refractivity contribution < 1.29 is 0 Å². The topological polar surface area (TPSA) is 54.2 Å². The molecule has 1 aromatic heterocycles. The summed E-state index contributed by atoms with van der Waals surface area (Å²) in [4.78, 5) is 6.16. The Morgan fingerprint density at radius 3 is 2.93 bits per heavy atom. The SMILES string of the molecule is CN(C)CCNc1ccncc1CN. The zero-order valence-electron chi connectivity index (χ0n) is 8.83. The second kappa shape index (κ2) is 5.57. The second-order valence-electron chi connectivity index (χ2n) is 3.47. The van der Waals surface area contributed by atoms with E-state index in [9.17, 15) is 0 Å². The number of nitrogens with one attached hydrogen (secondary N) is 1. The van der Waals surface area contributed by atoms with Gasteiger partial charge in [0.15, 0.2) is 0 Å². The zero-order valence-corrected chi connectivity index (χ0v) is 8.83. The lowest BCUT2D eigenvalue weighted by atomic mass is 10.2. The fourth-order valence-corrected chi connectivity index (χ4v) is 1.18. The number of rotatable bonds is 5. The Labute approximate surface area is 85.1 Å². The average molecular weight is 194 g/mol. The highest BCUT2D eigenvalue weighted by Gasteiger charge is 1.98. The van der Waals surface area contributed by atoms with E-state index in [1.54, 1.807) is 12.4 Å². The van der Waals surface area contributed by atoms with Crippen LogP contribution in [-0.2, 0) is 6.54 Å². The maximum atomic E-state index is 5.59. The number of likely N-dealkylation sites (N-methyl/N-ethyl adjacent to an activating group) is 1. The third kappa shape index (κ3) is 3.32. The second-order valence-corrected chi connectivity index (χ2v) is 3.47. The summed E-state index contributed by atoms with van der Waals surface area (Å²) in [5, 5.41) is 3.33. The molecule has 0 fully saturated rings. The summed E-state index contributed by atoms with van der Waals surface area (Å²) in [6, 6.07) is 1.96. The predicted octanol–water partition coefficient (Wildman–Crippen LogP) is 0.514. The lowest BCUT2D eigenvalue weighted by molar-refractivity contribution is 0.425. The van der Waals surface area contributed by atoms with Gasteiger partial charge in [-0.25, -0.2) is 0 Å². The van der Waals surface area contributed by atoms with Crippen molar-refractivity contribution in [3.8, 4) is 0 Å². The molecule has 0 bridgehead atoms. The molecule has 0 unspecified atom stereocenters. The van der Waals surface area contributed by atoms with Crippen LogP contribution in [0.25, 0.3) is 0 Å². The van der Waals surface area contributed by atoms with Gasteiger partial charge in [-0.2, -0.15) is 0 Å². The molecule has 78 valence electrons. The number of hydrogen-bond donors (Lipinski definition) is 2. The van der Waals surface area contributed by atoms with Gasteiger partial charge < -0.3 is 16.0 Å². The minimum Gasteiger partial charge on any atom is -0.383 e. The van der Waals surface area contributed by atoms with Gasteiger partial charge in [-0.05, 0) is 20.2 Å². The van der Waals surface area contributed by atoms with Crippen LogP contribution >= 0.6 is 0 Å². The van der Waals surface area contributed by atoms with Crippen LogP contribution in [0.2, 0.25) is 0 Å². The first-order valence-corrected chi connectivity index (χ1v) is 4.75. The van der Waals surface area contributed by atoms with Crippen molar-refractivity contribution in [3.05, 3.63) is 24.0 Å². The highest BCUT2D eigenvalue weighted by molar-refractivity contribution is 5.49. The van der Waals surface area contributed by atoms with Crippen LogP contribution in [0, 0.1) is 0 Å². The van der Waals surface area contributed by atoms with Crippen molar-refractivity contribution in [2.45, 2.75) is 6.54 Å². The molecule has 4 nitrogen and oxygen atoms in total. The Balaban J connectivity index is 2.49. The molecule has 3 N–H and O–H groups in total. The van der Waals surface area contributed by atoms with Crippen LogP contribution in [0.15, 0.2) is 18.5 Å². The summed E-state index contributed by atoms with van der Waals surface area (Å²) in [5.41, 5.74) is 7.74. The molecule has 0 amide bonds. The van der Waals surface area contributed by atoms with Crippen molar-refractivity contribution in [2.75, 3.05) is 32.5 Å². The Bertz CT molecular complexity index is 273. The maximum absolute atomic E-state index is 5.59. The Morgan fingerprint density at radius 1 is 1.50 bits per heavy atom. The summed E-state index contributed by atoms with van der Waals surface area (Å²) in [7, 11) is 4.11. The first-order valence-electron chi connectivity index (χ1n) is 4.75. The molecule has 0 saturated heterocycles. The third-order valence-corrected chi connectivity index (χ3v) is 2.00. The molecule has 1 aromatic rings. The van der Waals surface area contributed by atoms with Crippen LogP contribution < -0.4 is 11.1 Å². The minimum absolute atomic E-state index is 0.526. The fourth-order valence-electron chi connectivity index (χ4n) is 1.18. The molecule has 0 radical (unpaired) electrons. The molecule has 4 heteroatoms. The van der Waals surface area contributed by atoms with E-state index in [2.05, 4.69) is 29.3 Å². The minimum atomic E-state index is 0.526. The molecule has 14 heavy (non-hydrogen) atoms. The highest BCUT2D eigenvalue weighted by atomic mass is 15.1. The number of hydrogen-bond acceptors (Lipinski definition) is 4. The first kappa shape index (κ1) is 10.9. The molecule has 0 spiro atoms. The van der Waals surface area contributed by atoms with Gasteiger partial charge in [0.25, 0.3) is 0 Å². The zero-order chi connectivity index (χ0) is 10.4. The maximum Gasteiger partial charge on any atom is 0.0417 e. The van der Waals surface area contributed by atoms with E-state index in [-0.39, 0.29) is 0 Å².